The van der Waals surface area contributed by atoms with Gasteiger partial charge < -0.3 is 10.4 Å². The van der Waals surface area contributed by atoms with Crippen LogP contribution in [-0.2, 0) is 17.9 Å². The second-order valence-electron chi connectivity index (χ2n) is 5.30. The number of hydrogen-bond acceptors (Lipinski definition) is 4. The number of aliphatic carboxylic acids is 1. The van der Waals surface area contributed by atoms with Gasteiger partial charge in [0, 0.05) is 17.9 Å². The van der Waals surface area contributed by atoms with Crippen LogP contribution in [0, 0.1) is 13.8 Å². The Morgan fingerprint density at radius 1 is 1.41 bits per heavy atom. The van der Waals surface area contributed by atoms with Crippen molar-refractivity contribution >= 4 is 11.9 Å². The second kappa shape index (κ2) is 6.42. The molecule has 0 aromatic carbocycles. The van der Waals surface area contributed by atoms with E-state index < -0.39 is 5.97 Å². The van der Waals surface area contributed by atoms with Gasteiger partial charge in [0.2, 0.25) is 0 Å². The van der Waals surface area contributed by atoms with Crippen LogP contribution < -0.4 is 5.32 Å². The Kier molecular flexibility index (Phi) is 4.59. The Morgan fingerprint density at radius 3 is 2.73 bits per heavy atom. The molecule has 1 unspecified atom stereocenters. The number of amides is 1. The molecule has 1 atom stereocenters. The van der Waals surface area contributed by atoms with E-state index in [0.717, 1.165) is 11.4 Å². The number of aryl methyl sites for hydroxylation is 2. The van der Waals surface area contributed by atoms with Crippen LogP contribution >= 0.6 is 0 Å². The number of carboxylic acids is 1. The van der Waals surface area contributed by atoms with Crippen LogP contribution in [0.5, 0.6) is 0 Å². The van der Waals surface area contributed by atoms with E-state index in [2.05, 4.69) is 15.5 Å². The summed E-state index contributed by atoms with van der Waals surface area (Å²) >= 11 is 0. The summed E-state index contributed by atoms with van der Waals surface area (Å²) in [6.45, 7) is 6.06. The third-order valence-corrected chi connectivity index (χ3v) is 3.12. The Bertz CT molecular complexity index is 688. The van der Waals surface area contributed by atoms with Crippen molar-refractivity contribution < 1.29 is 14.7 Å². The highest BCUT2D eigenvalue weighted by Gasteiger charge is 2.14. The fourth-order valence-corrected chi connectivity index (χ4v) is 2.18. The summed E-state index contributed by atoms with van der Waals surface area (Å²) in [5, 5.41) is 19.7. The molecular weight excluding hydrogens is 286 g/mol. The summed E-state index contributed by atoms with van der Waals surface area (Å²) in [6.07, 6.45) is 2.77. The SMILES string of the molecule is Cc1cc(C)n(CC(C)NC(=O)c2cnn(CC(=O)O)c2)n1. The maximum Gasteiger partial charge on any atom is 0.325 e. The Morgan fingerprint density at radius 2 is 2.14 bits per heavy atom. The van der Waals surface area contributed by atoms with E-state index in [9.17, 15) is 9.59 Å². The standard InChI is InChI=1S/C14H19N5O3/c1-9-4-11(3)19(17-9)6-10(2)16-14(22)12-5-15-18(7-12)8-13(20)21/h4-5,7,10H,6,8H2,1-3H3,(H,16,22)(H,20,21). The minimum Gasteiger partial charge on any atom is -0.480 e. The lowest BCUT2D eigenvalue weighted by Gasteiger charge is -2.14. The van der Waals surface area contributed by atoms with Gasteiger partial charge in [-0.25, -0.2) is 0 Å². The monoisotopic (exact) mass is 305 g/mol. The number of carbonyl (C=O) groups is 2. The van der Waals surface area contributed by atoms with Gasteiger partial charge in [-0.2, -0.15) is 10.2 Å². The minimum absolute atomic E-state index is 0.117. The van der Waals surface area contributed by atoms with E-state index in [1.54, 1.807) is 0 Å². The second-order valence-corrected chi connectivity index (χ2v) is 5.30. The number of aromatic nitrogens is 4. The molecule has 2 rings (SSSR count). The molecule has 8 nitrogen and oxygen atoms in total. The molecule has 22 heavy (non-hydrogen) atoms. The van der Waals surface area contributed by atoms with Crippen molar-refractivity contribution in [1.29, 1.82) is 0 Å². The van der Waals surface area contributed by atoms with Gasteiger partial charge in [-0.3, -0.25) is 19.0 Å². The molecule has 2 aromatic heterocycles. The first-order chi connectivity index (χ1) is 10.3. The van der Waals surface area contributed by atoms with Crippen molar-refractivity contribution in [3.05, 3.63) is 35.4 Å². The molecule has 0 bridgehead atoms. The molecule has 0 saturated carbocycles. The molecule has 0 aliphatic heterocycles. The lowest BCUT2D eigenvalue weighted by molar-refractivity contribution is -0.137. The normalized spacial score (nSPS) is 12.1. The number of rotatable bonds is 6. The average molecular weight is 305 g/mol. The largest absolute Gasteiger partial charge is 0.480 e. The zero-order chi connectivity index (χ0) is 16.3. The highest BCUT2D eigenvalue weighted by Crippen LogP contribution is 2.04. The van der Waals surface area contributed by atoms with Gasteiger partial charge in [0.05, 0.1) is 24.0 Å². The smallest absolute Gasteiger partial charge is 0.325 e. The average Bonchev–Trinajstić information content (AvgIpc) is 2.96. The van der Waals surface area contributed by atoms with Gasteiger partial charge in [-0.05, 0) is 26.8 Å². The number of carboxylic acid groups (broad SMARTS) is 1. The first-order valence-corrected chi connectivity index (χ1v) is 6.91. The zero-order valence-corrected chi connectivity index (χ0v) is 12.8. The molecule has 0 aliphatic rings. The van der Waals surface area contributed by atoms with Gasteiger partial charge in [0.15, 0.2) is 0 Å². The van der Waals surface area contributed by atoms with E-state index in [1.807, 2.05) is 31.5 Å². The summed E-state index contributed by atoms with van der Waals surface area (Å²) in [4.78, 5) is 22.7. The maximum atomic E-state index is 12.1. The van der Waals surface area contributed by atoms with Crippen LogP contribution in [-0.4, -0.2) is 42.6 Å². The van der Waals surface area contributed by atoms with Crippen molar-refractivity contribution in [3.63, 3.8) is 0 Å². The number of hydrogen-bond donors (Lipinski definition) is 2. The van der Waals surface area contributed by atoms with Crippen LogP contribution in [0.3, 0.4) is 0 Å². The summed E-state index contributed by atoms with van der Waals surface area (Å²) in [5.41, 5.74) is 2.31. The lowest BCUT2D eigenvalue weighted by Crippen LogP contribution is -2.36. The zero-order valence-electron chi connectivity index (χ0n) is 12.8. The van der Waals surface area contributed by atoms with Crippen molar-refractivity contribution in [1.82, 2.24) is 24.9 Å². The molecular formula is C14H19N5O3. The minimum atomic E-state index is -1.01. The van der Waals surface area contributed by atoms with Gasteiger partial charge in [-0.15, -0.1) is 0 Å². The van der Waals surface area contributed by atoms with Crippen molar-refractivity contribution in [2.24, 2.45) is 0 Å². The van der Waals surface area contributed by atoms with Gasteiger partial charge in [0.1, 0.15) is 6.54 Å². The fraction of sp³-hybridized carbons (Fsp3) is 0.429. The Labute approximate surface area is 127 Å². The quantitative estimate of drug-likeness (QED) is 0.813. The van der Waals surface area contributed by atoms with E-state index in [-0.39, 0.29) is 18.5 Å². The van der Waals surface area contributed by atoms with E-state index >= 15 is 0 Å². The van der Waals surface area contributed by atoms with E-state index in [0.29, 0.717) is 12.1 Å². The molecule has 0 saturated heterocycles. The first-order valence-electron chi connectivity index (χ1n) is 6.91. The van der Waals surface area contributed by atoms with Crippen LogP contribution in [0.25, 0.3) is 0 Å². The Hall–Kier alpha value is -2.64. The number of nitrogens with one attached hydrogen (secondary N) is 1. The van der Waals surface area contributed by atoms with Crippen molar-refractivity contribution in [2.75, 3.05) is 0 Å². The maximum absolute atomic E-state index is 12.1. The fourth-order valence-electron chi connectivity index (χ4n) is 2.18. The molecule has 0 aliphatic carbocycles. The van der Waals surface area contributed by atoms with Crippen LogP contribution in [0.2, 0.25) is 0 Å². The predicted octanol–water partition coefficient (Wildman–Crippen LogP) is 0.600. The summed E-state index contributed by atoms with van der Waals surface area (Å²) < 4.78 is 3.05. The van der Waals surface area contributed by atoms with Crippen molar-refractivity contribution in [2.45, 2.75) is 39.9 Å². The molecule has 2 N–H and O–H groups in total. The van der Waals surface area contributed by atoms with Gasteiger partial charge >= 0.3 is 5.97 Å². The van der Waals surface area contributed by atoms with E-state index in [4.69, 9.17) is 5.11 Å². The van der Waals surface area contributed by atoms with E-state index in [1.165, 1.54) is 17.1 Å². The first kappa shape index (κ1) is 15.7. The molecule has 2 heterocycles. The van der Waals surface area contributed by atoms with Crippen molar-refractivity contribution in [3.8, 4) is 0 Å². The van der Waals surface area contributed by atoms with Gasteiger partial charge in [0.25, 0.3) is 5.91 Å². The molecule has 0 spiro atoms. The Balaban J connectivity index is 1.94. The highest BCUT2D eigenvalue weighted by atomic mass is 16.4. The molecule has 2 aromatic rings. The number of nitrogens with zero attached hydrogens (tertiary/aromatic N) is 4. The molecule has 0 radical (unpaired) electrons. The van der Waals surface area contributed by atoms with Gasteiger partial charge in [-0.1, -0.05) is 0 Å². The molecule has 8 heteroatoms. The highest BCUT2D eigenvalue weighted by molar-refractivity contribution is 5.93. The lowest BCUT2D eigenvalue weighted by atomic mass is 10.2. The molecule has 0 fully saturated rings. The third-order valence-electron chi connectivity index (χ3n) is 3.12. The number of carbonyl (C=O) groups excluding carboxylic acids is 1. The summed E-state index contributed by atoms with van der Waals surface area (Å²) in [5.74, 6) is -1.29. The van der Waals surface area contributed by atoms with Crippen LogP contribution in [0.15, 0.2) is 18.5 Å². The topological polar surface area (TPSA) is 102 Å². The molecule has 118 valence electrons. The summed E-state index contributed by atoms with van der Waals surface area (Å²) in [7, 11) is 0. The van der Waals surface area contributed by atoms with Crippen LogP contribution in [0.1, 0.15) is 28.7 Å². The molecule has 1 amide bonds. The third kappa shape index (κ3) is 3.94. The predicted molar refractivity (Wildman–Crippen MR) is 78.5 cm³/mol. The van der Waals surface area contributed by atoms with Crippen LogP contribution in [0.4, 0.5) is 0 Å². The summed E-state index contributed by atoms with van der Waals surface area (Å²) in [6, 6.07) is 1.86.